The van der Waals surface area contributed by atoms with E-state index in [0.29, 0.717) is 54.2 Å². The first kappa shape index (κ1) is 19.1. The lowest BCUT2D eigenvalue weighted by Gasteiger charge is -2.14. The van der Waals surface area contributed by atoms with Crippen molar-refractivity contribution in [2.24, 2.45) is 0 Å². The minimum Gasteiger partial charge on any atom is -0.251 e. The fourth-order valence-electron chi connectivity index (χ4n) is 4.04. The molecule has 3 aromatic heterocycles. The summed E-state index contributed by atoms with van der Waals surface area (Å²) in [5.41, 5.74) is 5.85. The van der Waals surface area contributed by atoms with Crippen LogP contribution in [0.15, 0.2) is 59.6 Å². The second-order valence-corrected chi connectivity index (χ2v) is 7.95. The van der Waals surface area contributed by atoms with Crippen LogP contribution in [0.25, 0.3) is 55.3 Å². The monoisotopic (exact) mass is 488 g/mol. The molecule has 0 radical (unpaired) electrons. The molecule has 6 aromatic rings. The molecule has 0 spiro atoms. The molecule has 0 aliphatic rings. The van der Waals surface area contributed by atoms with Crippen molar-refractivity contribution in [3.8, 4) is 23.3 Å². The van der Waals surface area contributed by atoms with E-state index in [1.165, 1.54) is 0 Å². The van der Waals surface area contributed by atoms with E-state index in [4.69, 9.17) is 9.97 Å². The molecule has 33 heavy (non-hydrogen) atoms. The Bertz CT molecular complexity index is 1850. The van der Waals surface area contributed by atoms with E-state index in [1.54, 1.807) is 24.8 Å². The lowest BCUT2D eigenvalue weighted by Crippen LogP contribution is -2.01. The average Bonchev–Trinajstić information content (AvgIpc) is 2.88. The van der Waals surface area contributed by atoms with Gasteiger partial charge in [0.05, 0.1) is 21.1 Å². The lowest BCUT2D eigenvalue weighted by molar-refractivity contribution is 1.25. The number of nitriles is 2. The molecule has 3 heterocycles. The van der Waals surface area contributed by atoms with Crippen LogP contribution in [0, 0.1) is 22.7 Å². The number of fused-ring (bicyclic) bond motifs is 7. The van der Waals surface area contributed by atoms with Crippen molar-refractivity contribution in [3.63, 3.8) is 0 Å². The van der Waals surface area contributed by atoms with Gasteiger partial charge >= 0.3 is 0 Å². The minimum atomic E-state index is 0.202. The zero-order valence-corrected chi connectivity index (χ0v) is 18.2. The van der Waals surface area contributed by atoms with Crippen LogP contribution >= 0.6 is 15.9 Å². The third-order valence-corrected chi connectivity index (χ3v) is 6.19. The van der Waals surface area contributed by atoms with Crippen LogP contribution < -0.4 is 0 Å². The van der Waals surface area contributed by atoms with E-state index in [1.807, 2.05) is 30.3 Å². The maximum absolute atomic E-state index is 9.99. The standard InChI is InChI=1S/C24H9BrN8/c25-16-14(11-27)13(10-26)15(12-4-2-1-3-5-12)17-18(16)33-24-22-20(29-7-9-31-22)19-21(23(24)32-17)30-8-6-28-19/h1-9H. The number of halogens is 1. The largest absolute Gasteiger partial charge is 0.251 e. The number of hydrogen-bond donors (Lipinski definition) is 0. The normalized spacial score (nSPS) is 11.1. The second kappa shape index (κ2) is 7.23. The van der Waals surface area contributed by atoms with Gasteiger partial charge in [0, 0.05) is 30.4 Å². The summed E-state index contributed by atoms with van der Waals surface area (Å²) in [5, 5.41) is 19.9. The molecule has 0 saturated carbocycles. The van der Waals surface area contributed by atoms with Crippen LogP contribution in [-0.4, -0.2) is 29.9 Å². The first-order valence-corrected chi connectivity index (χ1v) is 10.6. The summed E-state index contributed by atoms with van der Waals surface area (Å²) in [6, 6.07) is 13.7. The van der Waals surface area contributed by atoms with Crippen LogP contribution in [0.5, 0.6) is 0 Å². The molecule has 0 N–H and O–H groups in total. The third kappa shape index (κ3) is 2.67. The number of nitrogens with zero attached hydrogens (tertiary/aromatic N) is 8. The zero-order valence-electron chi connectivity index (χ0n) is 16.7. The summed E-state index contributed by atoms with van der Waals surface area (Å²) >= 11 is 3.50. The summed E-state index contributed by atoms with van der Waals surface area (Å²) < 4.78 is 0.405. The Morgan fingerprint density at radius 3 is 1.58 bits per heavy atom. The van der Waals surface area contributed by atoms with E-state index >= 15 is 0 Å². The molecular formula is C24H9BrN8. The van der Waals surface area contributed by atoms with Crippen molar-refractivity contribution in [1.29, 1.82) is 10.5 Å². The van der Waals surface area contributed by atoms with Crippen LogP contribution in [0.3, 0.4) is 0 Å². The van der Waals surface area contributed by atoms with E-state index in [9.17, 15) is 10.5 Å². The number of hydrogen-bond acceptors (Lipinski definition) is 8. The van der Waals surface area contributed by atoms with Crippen LogP contribution in [0.1, 0.15) is 11.1 Å². The van der Waals surface area contributed by atoms with Crippen molar-refractivity contribution in [2.75, 3.05) is 0 Å². The maximum atomic E-state index is 9.99. The van der Waals surface area contributed by atoms with Crippen LogP contribution in [0.4, 0.5) is 0 Å². The van der Waals surface area contributed by atoms with Gasteiger partial charge in [0.2, 0.25) is 0 Å². The van der Waals surface area contributed by atoms with Gasteiger partial charge in [-0.1, -0.05) is 30.3 Å². The van der Waals surface area contributed by atoms with Gasteiger partial charge in [0.15, 0.2) is 0 Å². The molecule has 0 fully saturated rings. The number of rotatable bonds is 1. The molecule has 8 nitrogen and oxygen atoms in total. The quantitative estimate of drug-likeness (QED) is 0.237. The highest BCUT2D eigenvalue weighted by Crippen LogP contribution is 2.40. The smallest absolute Gasteiger partial charge is 0.120 e. The van der Waals surface area contributed by atoms with Crippen LogP contribution in [-0.2, 0) is 0 Å². The molecule has 0 aliphatic carbocycles. The molecule has 0 unspecified atom stereocenters. The SMILES string of the molecule is N#Cc1c(C#N)c(-c2ccccc2)c2nc3c4nccnc4c4nccnc4c3nc2c1Br. The van der Waals surface area contributed by atoms with Crippen molar-refractivity contribution in [2.45, 2.75) is 0 Å². The summed E-state index contributed by atoms with van der Waals surface area (Å²) in [4.78, 5) is 27.7. The van der Waals surface area contributed by atoms with E-state index in [2.05, 4.69) is 48.0 Å². The summed E-state index contributed by atoms with van der Waals surface area (Å²) in [6.07, 6.45) is 6.35. The van der Waals surface area contributed by atoms with Gasteiger partial charge in [-0.2, -0.15) is 10.5 Å². The topological polar surface area (TPSA) is 125 Å². The van der Waals surface area contributed by atoms with Crippen molar-refractivity contribution in [3.05, 3.63) is 70.7 Å². The van der Waals surface area contributed by atoms with Gasteiger partial charge in [-0.05, 0) is 21.5 Å². The summed E-state index contributed by atoms with van der Waals surface area (Å²) in [5.74, 6) is 0. The minimum absolute atomic E-state index is 0.202. The Morgan fingerprint density at radius 1 is 0.576 bits per heavy atom. The predicted octanol–water partition coefficient (Wildman–Crippen LogP) is 4.84. The second-order valence-electron chi connectivity index (χ2n) is 7.15. The Morgan fingerprint density at radius 2 is 1.06 bits per heavy atom. The number of benzene rings is 3. The Hall–Kier alpha value is -4.60. The van der Waals surface area contributed by atoms with Gasteiger partial charge in [-0.15, -0.1) is 0 Å². The highest BCUT2D eigenvalue weighted by Gasteiger charge is 2.24. The Labute approximate surface area is 194 Å². The molecule has 0 saturated heterocycles. The fourth-order valence-corrected chi connectivity index (χ4v) is 4.60. The predicted molar refractivity (Wildman–Crippen MR) is 126 cm³/mol. The molecule has 0 amide bonds. The van der Waals surface area contributed by atoms with E-state index < -0.39 is 0 Å². The molecule has 6 rings (SSSR count). The van der Waals surface area contributed by atoms with Gasteiger partial charge < -0.3 is 0 Å². The first-order chi connectivity index (χ1) is 16.2. The molecule has 0 bridgehead atoms. The Balaban J connectivity index is 1.93. The fraction of sp³-hybridized carbons (Fsp3) is 0. The molecule has 3 aromatic carbocycles. The summed E-state index contributed by atoms with van der Waals surface area (Å²) in [6.45, 7) is 0. The van der Waals surface area contributed by atoms with E-state index in [-0.39, 0.29) is 11.1 Å². The molecular weight excluding hydrogens is 480 g/mol. The van der Waals surface area contributed by atoms with Crippen LogP contribution in [0.2, 0.25) is 0 Å². The van der Waals surface area contributed by atoms with Crippen molar-refractivity contribution in [1.82, 2.24) is 29.9 Å². The highest BCUT2D eigenvalue weighted by atomic mass is 79.9. The third-order valence-electron chi connectivity index (χ3n) is 5.42. The Kier molecular flexibility index (Phi) is 4.19. The van der Waals surface area contributed by atoms with Crippen molar-refractivity contribution < 1.29 is 0 Å². The number of aromatic nitrogens is 6. The van der Waals surface area contributed by atoms with E-state index in [0.717, 1.165) is 5.56 Å². The molecule has 0 atom stereocenters. The summed E-state index contributed by atoms with van der Waals surface area (Å²) in [7, 11) is 0. The van der Waals surface area contributed by atoms with Gasteiger partial charge in [-0.3, -0.25) is 19.9 Å². The van der Waals surface area contributed by atoms with Gasteiger partial charge in [-0.25, -0.2) is 9.97 Å². The molecule has 152 valence electrons. The van der Waals surface area contributed by atoms with Gasteiger partial charge in [0.1, 0.15) is 50.8 Å². The lowest BCUT2D eigenvalue weighted by atomic mass is 9.94. The molecule has 0 aliphatic heterocycles. The molecule has 9 heteroatoms. The maximum Gasteiger partial charge on any atom is 0.120 e. The highest BCUT2D eigenvalue weighted by molar-refractivity contribution is 9.10. The average molecular weight is 489 g/mol. The zero-order chi connectivity index (χ0) is 22.5. The van der Waals surface area contributed by atoms with Gasteiger partial charge in [0.25, 0.3) is 0 Å². The van der Waals surface area contributed by atoms with Crippen molar-refractivity contribution >= 4 is 60.1 Å². The first-order valence-electron chi connectivity index (χ1n) is 9.79.